The van der Waals surface area contributed by atoms with Gasteiger partial charge in [-0.2, -0.15) is 0 Å². The van der Waals surface area contributed by atoms with Gasteiger partial charge in [0, 0.05) is 6.04 Å². The van der Waals surface area contributed by atoms with Crippen LogP contribution in [0.15, 0.2) is 54.6 Å². The summed E-state index contributed by atoms with van der Waals surface area (Å²) in [6.45, 7) is 4.57. The molecule has 0 spiro atoms. The summed E-state index contributed by atoms with van der Waals surface area (Å²) >= 11 is 0. The smallest absolute Gasteiger partial charge is 0.239 e. The molecule has 23 heavy (non-hydrogen) atoms. The highest BCUT2D eigenvalue weighted by Crippen LogP contribution is 2.42. The van der Waals surface area contributed by atoms with E-state index in [2.05, 4.69) is 43.4 Å². The van der Waals surface area contributed by atoms with Crippen LogP contribution in [0.4, 0.5) is 0 Å². The van der Waals surface area contributed by atoms with Crippen LogP contribution in [0.5, 0.6) is 0 Å². The number of carbonyl (C=O) groups excluding carboxylic acids is 1. The van der Waals surface area contributed by atoms with Crippen molar-refractivity contribution in [1.29, 1.82) is 0 Å². The molecular formula is C20H24N2O. The zero-order valence-corrected chi connectivity index (χ0v) is 13.8. The SMILES string of the molecule is CC1(C)CC[C@@H](N[C@@H](C(N)=O)c2ccccc2)c2ccccc21. The minimum Gasteiger partial charge on any atom is -0.368 e. The predicted molar refractivity (Wildman–Crippen MR) is 93.0 cm³/mol. The number of benzene rings is 2. The summed E-state index contributed by atoms with van der Waals surface area (Å²) < 4.78 is 0. The molecule has 2 aromatic carbocycles. The minimum absolute atomic E-state index is 0.150. The molecule has 2 aromatic rings. The second-order valence-electron chi connectivity index (χ2n) is 6.98. The fourth-order valence-corrected chi connectivity index (χ4v) is 3.57. The number of rotatable bonds is 4. The lowest BCUT2D eigenvalue weighted by Crippen LogP contribution is -2.39. The van der Waals surface area contributed by atoms with Crippen LogP contribution < -0.4 is 11.1 Å². The third kappa shape index (κ3) is 3.15. The van der Waals surface area contributed by atoms with Crippen LogP contribution >= 0.6 is 0 Å². The van der Waals surface area contributed by atoms with Crippen molar-refractivity contribution in [3.8, 4) is 0 Å². The first-order chi connectivity index (χ1) is 11.0. The van der Waals surface area contributed by atoms with E-state index < -0.39 is 6.04 Å². The summed E-state index contributed by atoms with van der Waals surface area (Å²) in [5, 5.41) is 3.49. The van der Waals surface area contributed by atoms with Gasteiger partial charge in [-0.05, 0) is 34.9 Å². The Bertz CT molecular complexity index is 694. The number of hydrogen-bond donors (Lipinski definition) is 2. The van der Waals surface area contributed by atoms with Crippen LogP contribution in [0.3, 0.4) is 0 Å². The minimum atomic E-state index is -0.463. The van der Waals surface area contributed by atoms with E-state index in [1.54, 1.807) is 0 Å². The van der Waals surface area contributed by atoms with Crippen molar-refractivity contribution >= 4 is 5.91 Å². The molecule has 0 bridgehead atoms. The molecule has 1 amide bonds. The third-order valence-corrected chi connectivity index (χ3v) is 4.91. The van der Waals surface area contributed by atoms with Crippen molar-refractivity contribution in [3.05, 3.63) is 71.3 Å². The van der Waals surface area contributed by atoms with Crippen LogP contribution in [0.1, 0.15) is 55.5 Å². The molecule has 3 rings (SSSR count). The number of nitrogens with two attached hydrogens (primary N) is 1. The summed E-state index contributed by atoms with van der Waals surface area (Å²) in [5.41, 5.74) is 9.39. The molecule has 0 aromatic heterocycles. The Labute approximate surface area is 137 Å². The Hall–Kier alpha value is -2.13. The highest BCUT2D eigenvalue weighted by Gasteiger charge is 2.34. The lowest BCUT2D eigenvalue weighted by molar-refractivity contribution is -0.120. The van der Waals surface area contributed by atoms with Crippen molar-refractivity contribution in [2.75, 3.05) is 0 Å². The Morgan fingerprint density at radius 1 is 1.13 bits per heavy atom. The molecule has 120 valence electrons. The van der Waals surface area contributed by atoms with Crippen LogP contribution in [-0.4, -0.2) is 5.91 Å². The first-order valence-corrected chi connectivity index (χ1v) is 8.19. The van der Waals surface area contributed by atoms with Crippen LogP contribution in [-0.2, 0) is 10.2 Å². The number of carbonyl (C=O) groups is 1. The molecule has 1 aliphatic rings. The predicted octanol–water partition coefficient (Wildman–Crippen LogP) is 3.62. The first kappa shape index (κ1) is 15.8. The van der Waals surface area contributed by atoms with Gasteiger partial charge in [0.1, 0.15) is 6.04 Å². The third-order valence-electron chi connectivity index (χ3n) is 4.91. The van der Waals surface area contributed by atoms with E-state index in [4.69, 9.17) is 5.73 Å². The van der Waals surface area contributed by atoms with Gasteiger partial charge >= 0.3 is 0 Å². The lowest BCUT2D eigenvalue weighted by atomic mass is 9.71. The van der Waals surface area contributed by atoms with E-state index in [0.29, 0.717) is 0 Å². The Kier molecular flexibility index (Phi) is 4.22. The summed E-state index contributed by atoms with van der Waals surface area (Å²) in [7, 11) is 0. The normalized spacial score (nSPS) is 20.5. The van der Waals surface area contributed by atoms with Crippen molar-refractivity contribution in [2.24, 2.45) is 5.73 Å². The Balaban J connectivity index is 1.92. The zero-order chi connectivity index (χ0) is 16.4. The van der Waals surface area contributed by atoms with Gasteiger partial charge in [-0.1, -0.05) is 68.4 Å². The van der Waals surface area contributed by atoms with Crippen LogP contribution in [0.25, 0.3) is 0 Å². The molecule has 0 aliphatic heterocycles. The second kappa shape index (κ2) is 6.17. The molecule has 1 aliphatic carbocycles. The highest BCUT2D eigenvalue weighted by atomic mass is 16.1. The molecule has 3 nitrogen and oxygen atoms in total. The lowest BCUT2D eigenvalue weighted by Gasteiger charge is -2.38. The molecule has 0 heterocycles. The molecule has 3 N–H and O–H groups in total. The topological polar surface area (TPSA) is 55.1 Å². The summed E-state index contributed by atoms with van der Waals surface area (Å²) in [5.74, 6) is -0.335. The zero-order valence-electron chi connectivity index (χ0n) is 13.8. The number of hydrogen-bond acceptors (Lipinski definition) is 2. The Morgan fingerprint density at radius 3 is 2.48 bits per heavy atom. The van der Waals surface area contributed by atoms with Crippen LogP contribution in [0.2, 0.25) is 0 Å². The molecule has 3 heteroatoms. The van der Waals surface area contributed by atoms with E-state index in [1.165, 1.54) is 11.1 Å². The van der Waals surface area contributed by atoms with Gasteiger partial charge in [0.05, 0.1) is 0 Å². The monoisotopic (exact) mass is 308 g/mol. The second-order valence-corrected chi connectivity index (χ2v) is 6.98. The maximum absolute atomic E-state index is 12.0. The van der Waals surface area contributed by atoms with E-state index in [-0.39, 0.29) is 17.4 Å². The number of fused-ring (bicyclic) bond motifs is 1. The standard InChI is InChI=1S/C20H24N2O/c1-20(2)13-12-17(15-10-6-7-11-16(15)20)22-18(19(21)23)14-8-4-3-5-9-14/h3-11,17-18,22H,12-13H2,1-2H3,(H2,21,23)/t17-,18-/m1/s1. The molecule has 0 saturated heterocycles. The maximum atomic E-state index is 12.0. The molecule has 0 unspecified atom stereocenters. The van der Waals surface area contributed by atoms with Gasteiger partial charge in [0.2, 0.25) is 5.91 Å². The molecule has 0 saturated carbocycles. The number of primary amides is 1. The fourth-order valence-electron chi connectivity index (χ4n) is 3.57. The van der Waals surface area contributed by atoms with Crippen molar-refractivity contribution < 1.29 is 4.79 Å². The van der Waals surface area contributed by atoms with E-state index >= 15 is 0 Å². The van der Waals surface area contributed by atoms with Crippen molar-refractivity contribution in [3.63, 3.8) is 0 Å². The van der Waals surface area contributed by atoms with Crippen molar-refractivity contribution in [2.45, 2.75) is 44.2 Å². The van der Waals surface area contributed by atoms with E-state index in [1.807, 2.05) is 30.3 Å². The molecule has 0 fully saturated rings. The number of nitrogens with one attached hydrogen (secondary N) is 1. The summed E-state index contributed by atoms with van der Waals surface area (Å²) in [6.07, 6.45) is 2.09. The average Bonchev–Trinajstić information content (AvgIpc) is 2.55. The van der Waals surface area contributed by atoms with E-state index in [0.717, 1.165) is 18.4 Å². The first-order valence-electron chi connectivity index (χ1n) is 8.19. The average molecular weight is 308 g/mol. The van der Waals surface area contributed by atoms with Gasteiger partial charge in [-0.3, -0.25) is 10.1 Å². The van der Waals surface area contributed by atoms with Gasteiger partial charge in [-0.25, -0.2) is 0 Å². The van der Waals surface area contributed by atoms with Gasteiger partial charge in [0.15, 0.2) is 0 Å². The summed E-state index contributed by atoms with van der Waals surface area (Å²) in [4.78, 5) is 12.0. The number of amides is 1. The summed E-state index contributed by atoms with van der Waals surface area (Å²) in [6, 6.07) is 17.9. The Morgan fingerprint density at radius 2 is 1.78 bits per heavy atom. The van der Waals surface area contributed by atoms with Gasteiger partial charge in [0.25, 0.3) is 0 Å². The van der Waals surface area contributed by atoms with Crippen LogP contribution in [0, 0.1) is 0 Å². The largest absolute Gasteiger partial charge is 0.368 e. The fraction of sp³-hybridized carbons (Fsp3) is 0.350. The van der Waals surface area contributed by atoms with E-state index in [9.17, 15) is 4.79 Å². The molecular weight excluding hydrogens is 284 g/mol. The highest BCUT2D eigenvalue weighted by molar-refractivity contribution is 5.81. The van der Waals surface area contributed by atoms with Crippen molar-refractivity contribution in [1.82, 2.24) is 5.32 Å². The van der Waals surface area contributed by atoms with Gasteiger partial charge < -0.3 is 5.73 Å². The molecule has 2 atom stereocenters. The molecule has 0 radical (unpaired) electrons. The maximum Gasteiger partial charge on any atom is 0.239 e. The quantitative estimate of drug-likeness (QED) is 0.906. The van der Waals surface area contributed by atoms with Gasteiger partial charge in [-0.15, -0.1) is 0 Å².